The second-order valence-corrected chi connectivity index (χ2v) is 7.86. The quantitative estimate of drug-likeness (QED) is 0.821. The molecule has 0 aliphatic rings. The number of nitrogens with zero attached hydrogens (tertiary/aromatic N) is 1. The predicted octanol–water partition coefficient (Wildman–Crippen LogP) is 2.52. The lowest BCUT2D eigenvalue weighted by atomic mass is 10.1. The number of anilines is 1. The number of sulfonamides is 1. The third-order valence-electron chi connectivity index (χ3n) is 3.70. The van der Waals surface area contributed by atoms with Crippen molar-refractivity contribution in [3.63, 3.8) is 0 Å². The Hall–Kier alpha value is -2.38. The van der Waals surface area contributed by atoms with Crippen molar-refractivity contribution in [2.75, 3.05) is 26.5 Å². The highest BCUT2D eigenvalue weighted by molar-refractivity contribution is 7.89. The first-order valence-electron chi connectivity index (χ1n) is 7.78. The lowest BCUT2D eigenvalue weighted by Gasteiger charge is -2.12. The number of ether oxygens (including phenoxy) is 1. The maximum absolute atomic E-state index is 12.1. The summed E-state index contributed by atoms with van der Waals surface area (Å²) in [6.45, 7) is 0. The van der Waals surface area contributed by atoms with Crippen LogP contribution in [-0.2, 0) is 21.2 Å². The molecule has 7 heteroatoms. The van der Waals surface area contributed by atoms with Crippen molar-refractivity contribution in [2.24, 2.45) is 0 Å². The lowest BCUT2D eigenvalue weighted by Crippen LogP contribution is -2.22. The van der Waals surface area contributed by atoms with Gasteiger partial charge in [0.1, 0.15) is 5.75 Å². The zero-order chi connectivity index (χ0) is 18.4. The van der Waals surface area contributed by atoms with Crippen LogP contribution in [0.1, 0.15) is 12.0 Å². The van der Waals surface area contributed by atoms with E-state index in [1.807, 2.05) is 24.3 Å². The number of hydrogen-bond donors (Lipinski definition) is 1. The van der Waals surface area contributed by atoms with E-state index in [-0.39, 0.29) is 10.8 Å². The van der Waals surface area contributed by atoms with Crippen LogP contribution in [-0.4, -0.2) is 39.8 Å². The standard InChI is InChI=1S/C18H22N2O4S/c1-20(2)25(22,23)17-6-4-5-15(13-17)19-18(21)12-9-14-7-10-16(24-3)11-8-14/h4-8,10-11,13H,9,12H2,1-3H3,(H,19,21). The summed E-state index contributed by atoms with van der Waals surface area (Å²) >= 11 is 0. The van der Waals surface area contributed by atoms with Gasteiger partial charge in [0.25, 0.3) is 0 Å². The normalized spacial score (nSPS) is 11.4. The second kappa shape index (κ2) is 8.13. The van der Waals surface area contributed by atoms with Crippen LogP contribution in [0.15, 0.2) is 53.4 Å². The number of hydrogen-bond acceptors (Lipinski definition) is 4. The van der Waals surface area contributed by atoms with Crippen molar-refractivity contribution >= 4 is 21.6 Å². The Bertz CT molecular complexity index is 830. The van der Waals surface area contributed by atoms with Gasteiger partial charge in [-0.1, -0.05) is 18.2 Å². The van der Waals surface area contributed by atoms with Gasteiger partial charge in [0.05, 0.1) is 12.0 Å². The molecule has 0 aromatic heterocycles. The molecule has 0 aliphatic carbocycles. The van der Waals surface area contributed by atoms with E-state index < -0.39 is 10.0 Å². The van der Waals surface area contributed by atoms with Crippen molar-refractivity contribution in [3.05, 3.63) is 54.1 Å². The highest BCUT2D eigenvalue weighted by Crippen LogP contribution is 2.18. The monoisotopic (exact) mass is 362 g/mol. The highest BCUT2D eigenvalue weighted by Gasteiger charge is 2.17. The van der Waals surface area contributed by atoms with Gasteiger partial charge in [-0.25, -0.2) is 12.7 Å². The molecule has 1 amide bonds. The molecule has 0 spiro atoms. The molecule has 0 saturated heterocycles. The van der Waals surface area contributed by atoms with Gasteiger partial charge in [-0.3, -0.25) is 4.79 Å². The molecular formula is C18H22N2O4S. The molecule has 0 heterocycles. The van der Waals surface area contributed by atoms with Crippen LogP contribution in [0.5, 0.6) is 5.75 Å². The van der Waals surface area contributed by atoms with Gasteiger partial charge in [0.2, 0.25) is 15.9 Å². The van der Waals surface area contributed by atoms with E-state index >= 15 is 0 Å². The lowest BCUT2D eigenvalue weighted by molar-refractivity contribution is -0.116. The Morgan fingerprint density at radius 2 is 1.80 bits per heavy atom. The average Bonchev–Trinajstić information content (AvgIpc) is 2.60. The summed E-state index contributed by atoms with van der Waals surface area (Å²) in [4.78, 5) is 12.3. The smallest absolute Gasteiger partial charge is 0.242 e. The van der Waals surface area contributed by atoms with E-state index in [0.717, 1.165) is 15.6 Å². The molecule has 0 aliphatic heterocycles. The van der Waals surface area contributed by atoms with Crippen LogP contribution in [0.2, 0.25) is 0 Å². The van der Waals surface area contributed by atoms with Crippen LogP contribution in [0, 0.1) is 0 Å². The molecule has 1 N–H and O–H groups in total. The number of benzene rings is 2. The topological polar surface area (TPSA) is 75.7 Å². The fraction of sp³-hybridized carbons (Fsp3) is 0.278. The van der Waals surface area contributed by atoms with Gasteiger partial charge in [-0.2, -0.15) is 0 Å². The molecule has 0 fully saturated rings. The zero-order valence-corrected chi connectivity index (χ0v) is 15.3. The van der Waals surface area contributed by atoms with Crippen molar-refractivity contribution < 1.29 is 17.9 Å². The van der Waals surface area contributed by atoms with E-state index in [1.54, 1.807) is 19.2 Å². The van der Waals surface area contributed by atoms with Crippen molar-refractivity contribution in [1.29, 1.82) is 0 Å². The molecule has 134 valence electrons. The third-order valence-corrected chi connectivity index (χ3v) is 5.51. The third kappa shape index (κ3) is 5.04. The molecule has 2 aromatic carbocycles. The Kier molecular flexibility index (Phi) is 6.17. The number of methoxy groups -OCH3 is 1. The number of rotatable bonds is 7. The van der Waals surface area contributed by atoms with Crippen molar-refractivity contribution in [3.8, 4) is 5.75 Å². The summed E-state index contributed by atoms with van der Waals surface area (Å²) < 4.78 is 30.5. The SMILES string of the molecule is COc1ccc(CCC(=O)Nc2cccc(S(=O)(=O)N(C)C)c2)cc1. The molecular weight excluding hydrogens is 340 g/mol. The van der Waals surface area contributed by atoms with Gasteiger partial charge in [0.15, 0.2) is 0 Å². The minimum Gasteiger partial charge on any atom is -0.497 e. The molecule has 2 aromatic rings. The van der Waals surface area contributed by atoms with Crippen LogP contribution in [0.4, 0.5) is 5.69 Å². The number of aryl methyl sites for hydroxylation is 1. The van der Waals surface area contributed by atoms with E-state index in [2.05, 4.69) is 5.32 Å². The van der Waals surface area contributed by atoms with E-state index in [0.29, 0.717) is 18.5 Å². The molecule has 0 radical (unpaired) electrons. The summed E-state index contributed by atoms with van der Waals surface area (Å²) in [5.74, 6) is 0.599. The Morgan fingerprint density at radius 3 is 2.40 bits per heavy atom. The van der Waals surface area contributed by atoms with Crippen LogP contribution >= 0.6 is 0 Å². The van der Waals surface area contributed by atoms with Gasteiger partial charge >= 0.3 is 0 Å². The minimum absolute atomic E-state index is 0.144. The largest absolute Gasteiger partial charge is 0.497 e. The molecule has 0 unspecified atom stereocenters. The molecule has 6 nitrogen and oxygen atoms in total. The number of carbonyl (C=O) groups is 1. The summed E-state index contributed by atoms with van der Waals surface area (Å²) in [7, 11) is 1.01. The summed E-state index contributed by atoms with van der Waals surface area (Å²) in [6.07, 6.45) is 0.891. The van der Waals surface area contributed by atoms with E-state index in [4.69, 9.17) is 4.74 Å². The average molecular weight is 362 g/mol. The second-order valence-electron chi connectivity index (χ2n) is 5.71. The first-order valence-corrected chi connectivity index (χ1v) is 9.22. The van der Waals surface area contributed by atoms with Gasteiger partial charge in [0, 0.05) is 26.2 Å². The fourth-order valence-electron chi connectivity index (χ4n) is 2.22. The molecule has 0 saturated carbocycles. The first kappa shape index (κ1) is 19.0. The number of nitrogens with one attached hydrogen (secondary N) is 1. The Morgan fingerprint density at radius 1 is 1.12 bits per heavy atom. The zero-order valence-electron chi connectivity index (χ0n) is 14.5. The van der Waals surface area contributed by atoms with Crippen molar-refractivity contribution in [2.45, 2.75) is 17.7 Å². The Labute approximate surface area is 148 Å². The van der Waals surface area contributed by atoms with Crippen LogP contribution in [0.3, 0.4) is 0 Å². The van der Waals surface area contributed by atoms with Crippen LogP contribution < -0.4 is 10.1 Å². The maximum Gasteiger partial charge on any atom is 0.242 e. The van der Waals surface area contributed by atoms with Crippen LogP contribution in [0.25, 0.3) is 0 Å². The van der Waals surface area contributed by atoms with Gasteiger partial charge < -0.3 is 10.1 Å². The number of carbonyl (C=O) groups excluding carboxylic acids is 1. The van der Waals surface area contributed by atoms with E-state index in [9.17, 15) is 13.2 Å². The fourth-order valence-corrected chi connectivity index (χ4v) is 3.17. The molecule has 2 rings (SSSR count). The van der Waals surface area contributed by atoms with E-state index in [1.165, 1.54) is 26.2 Å². The predicted molar refractivity (Wildman–Crippen MR) is 97.3 cm³/mol. The Balaban J connectivity index is 1.98. The first-order chi connectivity index (χ1) is 11.8. The highest BCUT2D eigenvalue weighted by atomic mass is 32.2. The number of amides is 1. The van der Waals surface area contributed by atoms with Crippen molar-refractivity contribution in [1.82, 2.24) is 4.31 Å². The van der Waals surface area contributed by atoms with Gasteiger partial charge in [-0.15, -0.1) is 0 Å². The molecule has 0 atom stereocenters. The molecule has 25 heavy (non-hydrogen) atoms. The minimum atomic E-state index is -3.53. The summed E-state index contributed by atoms with van der Waals surface area (Å²) in [5, 5.41) is 2.74. The van der Waals surface area contributed by atoms with Gasteiger partial charge in [-0.05, 0) is 42.3 Å². The molecule has 0 bridgehead atoms. The summed E-state index contributed by atoms with van der Waals surface area (Å²) in [6, 6.07) is 13.8. The maximum atomic E-state index is 12.1. The summed E-state index contributed by atoms with van der Waals surface area (Å²) in [5.41, 5.74) is 1.49.